The Morgan fingerprint density at radius 3 is 2.50 bits per heavy atom. The van der Waals surface area contributed by atoms with Crippen LogP contribution >= 0.6 is 23.2 Å². The SMILES string of the molecule is CN(C)C(=O)C=CCN1CC[C@@H](Nc2ccc(C3=C(c4ccc(Cl)cc4Cl)CCCc4cc(C(=O)O)ccc43)cc2)C1. The zero-order chi connectivity index (χ0) is 29.8. The topological polar surface area (TPSA) is 72.9 Å². The largest absolute Gasteiger partial charge is 0.478 e. The molecule has 0 radical (unpaired) electrons. The molecule has 0 spiro atoms. The minimum Gasteiger partial charge on any atom is -0.478 e. The predicted octanol–water partition coefficient (Wildman–Crippen LogP) is 7.12. The van der Waals surface area contributed by atoms with Crippen molar-refractivity contribution in [2.75, 3.05) is 39.0 Å². The van der Waals surface area contributed by atoms with Crippen LogP contribution in [-0.2, 0) is 11.2 Å². The molecule has 3 aromatic carbocycles. The summed E-state index contributed by atoms with van der Waals surface area (Å²) in [5, 5.41) is 14.5. The molecule has 1 atom stereocenters. The van der Waals surface area contributed by atoms with E-state index >= 15 is 0 Å². The number of carboxylic acids is 1. The molecule has 1 aliphatic carbocycles. The number of halogens is 2. The summed E-state index contributed by atoms with van der Waals surface area (Å²) >= 11 is 13.0. The van der Waals surface area contributed by atoms with Crippen molar-refractivity contribution in [1.82, 2.24) is 9.80 Å². The molecular formula is C34H35Cl2N3O3. The molecule has 1 fully saturated rings. The van der Waals surface area contributed by atoms with Crippen molar-refractivity contribution < 1.29 is 14.7 Å². The third-order valence-electron chi connectivity index (χ3n) is 7.93. The highest BCUT2D eigenvalue weighted by Gasteiger charge is 2.24. The van der Waals surface area contributed by atoms with Gasteiger partial charge in [0, 0.05) is 61.6 Å². The smallest absolute Gasteiger partial charge is 0.335 e. The van der Waals surface area contributed by atoms with E-state index in [1.165, 1.54) is 0 Å². The monoisotopic (exact) mass is 603 g/mol. The van der Waals surface area contributed by atoms with Gasteiger partial charge < -0.3 is 15.3 Å². The summed E-state index contributed by atoms with van der Waals surface area (Å²) in [5.74, 6) is -0.924. The summed E-state index contributed by atoms with van der Waals surface area (Å²) in [6.45, 7) is 2.64. The van der Waals surface area contributed by atoms with Gasteiger partial charge in [0.1, 0.15) is 0 Å². The van der Waals surface area contributed by atoms with Gasteiger partial charge in [-0.05, 0) is 95.5 Å². The zero-order valence-corrected chi connectivity index (χ0v) is 25.4. The lowest BCUT2D eigenvalue weighted by Gasteiger charge is -2.19. The number of benzene rings is 3. The summed E-state index contributed by atoms with van der Waals surface area (Å²) in [4.78, 5) is 27.4. The highest BCUT2D eigenvalue weighted by atomic mass is 35.5. The number of carbonyl (C=O) groups excluding carboxylic acids is 1. The summed E-state index contributed by atoms with van der Waals surface area (Å²) in [6, 6.07) is 19.8. The van der Waals surface area contributed by atoms with E-state index in [2.05, 4.69) is 34.5 Å². The first-order valence-corrected chi connectivity index (χ1v) is 15.0. The van der Waals surface area contributed by atoms with Crippen molar-refractivity contribution in [1.29, 1.82) is 0 Å². The molecule has 0 aromatic heterocycles. The Bertz CT molecular complexity index is 1550. The van der Waals surface area contributed by atoms with Gasteiger partial charge >= 0.3 is 5.97 Å². The molecule has 1 aliphatic heterocycles. The maximum Gasteiger partial charge on any atom is 0.335 e. The number of hydrogen-bond donors (Lipinski definition) is 2. The zero-order valence-electron chi connectivity index (χ0n) is 23.9. The number of anilines is 1. The fourth-order valence-electron chi connectivity index (χ4n) is 5.79. The Hall–Kier alpha value is -3.58. The van der Waals surface area contributed by atoms with Crippen LogP contribution in [0.25, 0.3) is 11.1 Å². The van der Waals surface area contributed by atoms with Crippen molar-refractivity contribution in [3.05, 3.63) is 111 Å². The summed E-state index contributed by atoms with van der Waals surface area (Å²) in [7, 11) is 3.50. The maximum atomic E-state index is 11.8. The number of aromatic carboxylic acids is 1. The number of hydrogen-bond acceptors (Lipinski definition) is 4. The van der Waals surface area contributed by atoms with Gasteiger partial charge in [0.05, 0.1) is 5.56 Å². The van der Waals surface area contributed by atoms with E-state index in [0.29, 0.717) is 21.7 Å². The highest BCUT2D eigenvalue weighted by molar-refractivity contribution is 6.36. The van der Waals surface area contributed by atoms with Crippen molar-refractivity contribution in [3.8, 4) is 0 Å². The van der Waals surface area contributed by atoms with Crippen molar-refractivity contribution in [2.45, 2.75) is 31.7 Å². The molecule has 1 heterocycles. The van der Waals surface area contributed by atoms with Crippen LogP contribution in [0, 0.1) is 0 Å². The number of likely N-dealkylation sites (tertiary alicyclic amines) is 1. The number of likely N-dealkylation sites (N-methyl/N-ethyl adjacent to an activating group) is 1. The van der Waals surface area contributed by atoms with Crippen LogP contribution in [-0.4, -0.2) is 66.6 Å². The second-order valence-corrected chi connectivity index (χ2v) is 12.0. The first-order valence-electron chi connectivity index (χ1n) is 14.2. The Balaban J connectivity index is 1.41. The molecule has 3 aromatic rings. The van der Waals surface area contributed by atoms with Crippen molar-refractivity contribution in [2.24, 2.45) is 0 Å². The molecule has 42 heavy (non-hydrogen) atoms. The number of carboxylic acid groups (broad SMARTS) is 1. The van der Waals surface area contributed by atoms with Crippen LogP contribution in [0.2, 0.25) is 10.0 Å². The lowest BCUT2D eigenvalue weighted by atomic mass is 9.87. The van der Waals surface area contributed by atoms with Gasteiger partial charge in [0.15, 0.2) is 0 Å². The van der Waals surface area contributed by atoms with E-state index in [1.807, 2.05) is 24.3 Å². The Labute approximate surface area is 257 Å². The molecule has 218 valence electrons. The van der Waals surface area contributed by atoms with Crippen LogP contribution in [0.1, 0.15) is 51.9 Å². The third-order valence-corrected chi connectivity index (χ3v) is 8.48. The summed E-state index contributed by atoms with van der Waals surface area (Å²) < 4.78 is 0. The van der Waals surface area contributed by atoms with E-state index in [1.54, 1.807) is 43.3 Å². The number of carbonyl (C=O) groups is 2. The molecule has 1 saturated heterocycles. The molecule has 0 unspecified atom stereocenters. The molecule has 5 rings (SSSR count). The summed E-state index contributed by atoms with van der Waals surface area (Å²) in [5.41, 5.74) is 7.60. The van der Waals surface area contributed by atoms with E-state index in [0.717, 1.165) is 84.4 Å². The van der Waals surface area contributed by atoms with Gasteiger partial charge in [-0.1, -0.05) is 53.5 Å². The first kappa shape index (κ1) is 29.9. The van der Waals surface area contributed by atoms with E-state index in [9.17, 15) is 14.7 Å². The molecule has 1 amide bonds. The molecule has 2 N–H and O–H groups in total. The molecule has 8 heteroatoms. The number of aryl methyl sites for hydroxylation is 1. The van der Waals surface area contributed by atoms with Crippen LogP contribution in [0.4, 0.5) is 5.69 Å². The number of fused-ring (bicyclic) bond motifs is 1. The average Bonchev–Trinajstić information content (AvgIpc) is 3.31. The molecule has 2 aliphatic rings. The molecular weight excluding hydrogens is 569 g/mol. The van der Waals surface area contributed by atoms with Crippen molar-refractivity contribution in [3.63, 3.8) is 0 Å². The van der Waals surface area contributed by atoms with Crippen LogP contribution in [0.5, 0.6) is 0 Å². The van der Waals surface area contributed by atoms with Crippen molar-refractivity contribution >= 4 is 51.9 Å². The molecule has 0 bridgehead atoms. The van der Waals surface area contributed by atoms with Crippen LogP contribution in [0.15, 0.2) is 72.8 Å². The lowest BCUT2D eigenvalue weighted by Crippen LogP contribution is -2.26. The quantitative estimate of drug-likeness (QED) is 0.268. The van der Waals surface area contributed by atoms with Gasteiger partial charge in [0.2, 0.25) is 5.91 Å². The lowest BCUT2D eigenvalue weighted by molar-refractivity contribution is -0.123. The minimum atomic E-state index is -0.924. The van der Waals surface area contributed by atoms with E-state index in [-0.39, 0.29) is 5.91 Å². The van der Waals surface area contributed by atoms with Gasteiger partial charge in [0.25, 0.3) is 0 Å². The number of rotatable bonds is 8. The first-order chi connectivity index (χ1) is 20.2. The van der Waals surface area contributed by atoms with Crippen LogP contribution < -0.4 is 5.32 Å². The van der Waals surface area contributed by atoms with E-state index < -0.39 is 5.97 Å². The highest BCUT2D eigenvalue weighted by Crippen LogP contribution is 2.42. The predicted molar refractivity (Wildman–Crippen MR) is 171 cm³/mol. The van der Waals surface area contributed by atoms with Crippen LogP contribution in [0.3, 0.4) is 0 Å². The Morgan fingerprint density at radius 2 is 1.79 bits per heavy atom. The average molecular weight is 605 g/mol. The number of amides is 1. The number of nitrogens with one attached hydrogen (secondary N) is 1. The normalized spacial score (nSPS) is 17.3. The Kier molecular flexibility index (Phi) is 9.37. The Morgan fingerprint density at radius 1 is 1.02 bits per heavy atom. The second-order valence-electron chi connectivity index (χ2n) is 11.1. The standard InChI is InChI=1S/C34H35Cl2N3O3/c1-38(2)32(40)7-4-17-39-18-16-27(21-39)37-26-12-8-22(9-13-26)33-28-14-10-24(34(41)42)19-23(28)5-3-6-30(33)29-15-11-25(35)20-31(29)36/h4,7-15,19-20,27,37H,3,5-6,16-18,21H2,1-2H3,(H,41,42)/t27-/m1/s1. The maximum absolute atomic E-state index is 11.8. The number of allylic oxidation sites excluding steroid dienone is 1. The molecule has 6 nitrogen and oxygen atoms in total. The molecule has 0 saturated carbocycles. The van der Waals surface area contributed by atoms with Gasteiger partial charge in [-0.15, -0.1) is 0 Å². The van der Waals surface area contributed by atoms with Gasteiger partial charge in [-0.3, -0.25) is 9.69 Å². The minimum absolute atomic E-state index is 0.000754. The second kappa shape index (κ2) is 13.2. The van der Waals surface area contributed by atoms with Gasteiger partial charge in [-0.25, -0.2) is 4.79 Å². The fraction of sp³-hybridized carbons (Fsp3) is 0.294. The van der Waals surface area contributed by atoms with E-state index in [4.69, 9.17) is 23.2 Å². The number of nitrogens with zero attached hydrogens (tertiary/aromatic N) is 2. The third kappa shape index (κ3) is 6.89. The fourth-order valence-corrected chi connectivity index (χ4v) is 6.31. The van der Waals surface area contributed by atoms with Gasteiger partial charge in [-0.2, -0.15) is 0 Å². The summed E-state index contributed by atoms with van der Waals surface area (Å²) in [6.07, 6.45) is 7.06.